The van der Waals surface area contributed by atoms with Gasteiger partial charge < -0.3 is 10.4 Å². The van der Waals surface area contributed by atoms with E-state index in [-0.39, 0.29) is 17.3 Å². The number of hydrogen-bond acceptors (Lipinski definition) is 4. The maximum Gasteiger partial charge on any atom is 0.416 e. The summed E-state index contributed by atoms with van der Waals surface area (Å²) in [5.74, 6) is 0.327. The van der Waals surface area contributed by atoms with Crippen molar-refractivity contribution in [1.29, 1.82) is 0 Å². The highest BCUT2D eigenvalue weighted by Crippen LogP contribution is 2.30. The zero-order chi connectivity index (χ0) is 15.5. The van der Waals surface area contributed by atoms with Crippen LogP contribution in [0.25, 0.3) is 0 Å². The Morgan fingerprint density at radius 3 is 2.71 bits per heavy atom. The average molecular weight is 318 g/mol. The third-order valence-electron chi connectivity index (χ3n) is 2.68. The van der Waals surface area contributed by atoms with E-state index < -0.39 is 17.8 Å². The van der Waals surface area contributed by atoms with Gasteiger partial charge in [-0.1, -0.05) is 23.7 Å². The Kier molecular flexibility index (Phi) is 4.64. The SMILES string of the molecule is O[C@@H](CNc1cncc(Cl)n1)c1cccc(C(F)(F)F)c1. The fraction of sp³-hybridized carbons (Fsp3) is 0.231. The van der Waals surface area contributed by atoms with Crippen LogP contribution in [-0.2, 0) is 6.18 Å². The maximum absolute atomic E-state index is 12.6. The quantitative estimate of drug-likeness (QED) is 0.908. The molecule has 0 aliphatic carbocycles. The Hall–Kier alpha value is -1.86. The Labute approximate surface area is 123 Å². The summed E-state index contributed by atoms with van der Waals surface area (Å²) in [6.45, 7) is -0.0175. The zero-order valence-corrected chi connectivity index (χ0v) is 11.4. The van der Waals surface area contributed by atoms with Crippen molar-refractivity contribution in [2.45, 2.75) is 12.3 Å². The van der Waals surface area contributed by atoms with Crippen molar-refractivity contribution in [2.24, 2.45) is 0 Å². The van der Waals surface area contributed by atoms with Crippen LogP contribution in [0.15, 0.2) is 36.7 Å². The van der Waals surface area contributed by atoms with Crippen LogP contribution in [-0.4, -0.2) is 21.6 Å². The van der Waals surface area contributed by atoms with Crippen LogP contribution in [0.1, 0.15) is 17.2 Å². The van der Waals surface area contributed by atoms with Crippen LogP contribution in [0.4, 0.5) is 19.0 Å². The monoisotopic (exact) mass is 317 g/mol. The number of benzene rings is 1. The van der Waals surface area contributed by atoms with Gasteiger partial charge in [0.15, 0.2) is 0 Å². The lowest BCUT2D eigenvalue weighted by molar-refractivity contribution is -0.137. The van der Waals surface area contributed by atoms with E-state index in [1.54, 1.807) is 0 Å². The number of alkyl halides is 3. The van der Waals surface area contributed by atoms with Crippen molar-refractivity contribution >= 4 is 17.4 Å². The minimum Gasteiger partial charge on any atom is -0.387 e. The second kappa shape index (κ2) is 6.28. The Bertz CT molecular complexity index is 622. The minimum absolute atomic E-state index is 0.0175. The number of hydrogen-bond donors (Lipinski definition) is 2. The van der Waals surface area contributed by atoms with Gasteiger partial charge in [-0.15, -0.1) is 0 Å². The predicted octanol–water partition coefficient (Wildman–Crippen LogP) is 3.29. The molecule has 0 saturated heterocycles. The van der Waals surface area contributed by atoms with Crippen LogP contribution in [0.2, 0.25) is 5.15 Å². The molecule has 21 heavy (non-hydrogen) atoms. The summed E-state index contributed by atoms with van der Waals surface area (Å²) in [6.07, 6.45) is -2.82. The second-order valence-corrected chi connectivity index (χ2v) is 4.63. The van der Waals surface area contributed by atoms with E-state index in [0.29, 0.717) is 5.82 Å². The molecular weight excluding hydrogens is 307 g/mol. The fourth-order valence-electron chi connectivity index (χ4n) is 1.67. The zero-order valence-electron chi connectivity index (χ0n) is 10.6. The number of rotatable bonds is 4. The van der Waals surface area contributed by atoms with Gasteiger partial charge in [0, 0.05) is 6.54 Å². The molecule has 0 amide bonds. The van der Waals surface area contributed by atoms with Crippen molar-refractivity contribution in [1.82, 2.24) is 9.97 Å². The van der Waals surface area contributed by atoms with Gasteiger partial charge in [-0.25, -0.2) is 4.98 Å². The third kappa shape index (κ3) is 4.30. The molecule has 0 saturated carbocycles. The van der Waals surface area contributed by atoms with E-state index in [4.69, 9.17) is 11.6 Å². The molecule has 2 N–H and O–H groups in total. The Morgan fingerprint density at radius 1 is 1.29 bits per heavy atom. The topological polar surface area (TPSA) is 58.0 Å². The number of aliphatic hydroxyl groups is 1. The standard InChI is InChI=1S/C13H11ClF3N3O/c14-11-6-18-7-12(20-11)19-5-10(21)8-2-1-3-9(4-8)13(15,16)17/h1-4,6-7,10,21H,5H2,(H,19,20)/t10-/m0/s1. The van der Waals surface area contributed by atoms with Crippen LogP contribution in [0, 0.1) is 0 Å². The molecule has 2 rings (SSSR count). The van der Waals surface area contributed by atoms with Gasteiger partial charge >= 0.3 is 6.18 Å². The smallest absolute Gasteiger partial charge is 0.387 e. The van der Waals surface area contributed by atoms with Crippen LogP contribution in [0.5, 0.6) is 0 Å². The number of halogens is 4. The maximum atomic E-state index is 12.6. The van der Waals surface area contributed by atoms with Crippen molar-refractivity contribution in [3.8, 4) is 0 Å². The molecular formula is C13H11ClF3N3O. The molecule has 1 aromatic heterocycles. The first kappa shape index (κ1) is 15.5. The molecule has 1 atom stereocenters. The van der Waals surface area contributed by atoms with E-state index in [0.717, 1.165) is 12.1 Å². The number of nitrogens with zero attached hydrogens (tertiary/aromatic N) is 2. The van der Waals surface area contributed by atoms with Gasteiger partial charge in [0.2, 0.25) is 0 Å². The van der Waals surface area contributed by atoms with Gasteiger partial charge in [0.1, 0.15) is 11.0 Å². The molecule has 1 heterocycles. The summed E-state index contributed by atoms with van der Waals surface area (Å²) >= 11 is 5.65. The highest BCUT2D eigenvalue weighted by Gasteiger charge is 2.30. The molecule has 0 aliphatic rings. The van der Waals surface area contributed by atoms with Crippen LogP contribution < -0.4 is 5.32 Å². The van der Waals surface area contributed by atoms with E-state index >= 15 is 0 Å². The molecule has 0 spiro atoms. The highest BCUT2D eigenvalue weighted by molar-refractivity contribution is 6.29. The molecule has 4 nitrogen and oxygen atoms in total. The molecule has 8 heteroatoms. The van der Waals surface area contributed by atoms with Gasteiger partial charge in [-0.05, 0) is 17.7 Å². The average Bonchev–Trinajstić information content (AvgIpc) is 2.44. The van der Waals surface area contributed by atoms with Crippen molar-refractivity contribution in [2.75, 3.05) is 11.9 Å². The largest absolute Gasteiger partial charge is 0.416 e. The van der Waals surface area contributed by atoms with Crippen LogP contribution in [0.3, 0.4) is 0 Å². The first-order chi connectivity index (χ1) is 9.86. The highest BCUT2D eigenvalue weighted by atomic mass is 35.5. The Balaban J connectivity index is 2.05. The fourth-order valence-corrected chi connectivity index (χ4v) is 1.82. The number of aliphatic hydroxyl groups excluding tert-OH is 1. The van der Waals surface area contributed by atoms with E-state index in [1.165, 1.54) is 24.5 Å². The molecule has 2 aromatic rings. The molecule has 1 aromatic carbocycles. The predicted molar refractivity (Wildman–Crippen MR) is 71.9 cm³/mol. The first-order valence-electron chi connectivity index (χ1n) is 5.93. The van der Waals surface area contributed by atoms with E-state index in [9.17, 15) is 18.3 Å². The normalized spacial score (nSPS) is 13.0. The summed E-state index contributed by atoms with van der Waals surface area (Å²) in [4.78, 5) is 7.69. The summed E-state index contributed by atoms with van der Waals surface area (Å²) in [5.41, 5.74) is -0.645. The van der Waals surface area contributed by atoms with E-state index in [1.807, 2.05) is 0 Å². The Morgan fingerprint density at radius 2 is 2.05 bits per heavy atom. The molecule has 0 unspecified atom stereocenters. The summed E-state index contributed by atoms with van der Waals surface area (Å²) in [5, 5.41) is 12.9. The first-order valence-corrected chi connectivity index (χ1v) is 6.30. The lowest BCUT2D eigenvalue weighted by Crippen LogP contribution is -2.14. The van der Waals surface area contributed by atoms with Crippen LogP contribution >= 0.6 is 11.6 Å². The van der Waals surface area contributed by atoms with Gasteiger partial charge in [0.25, 0.3) is 0 Å². The van der Waals surface area contributed by atoms with Gasteiger partial charge in [-0.3, -0.25) is 4.98 Å². The summed E-state index contributed by atoms with van der Waals surface area (Å²) in [6, 6.07) is 4.54. The van der Waals surface area contributed by atoms with Crippen molar-refractivity contribution in [3.63, 3.8) is 0 Å². The molecule has 0 radical (unpaired) electrons. The molecule has 112 valence electrons. The van der Waals surface area contributed by atoms with Crippen molar-refractivity contribution < 1.29 is 18.3 Å². The second-order valence-electron chi connectivity index (χ2n) is 4.25. The lowest BCUT2D eigenvalue weighted by Gasteiger charge is -2.14. The third-order valence-corrected chi connectivity index (χ3v) is 2.86. The van der Waals surface area contributed by atoms with Gasteiger partial charge in [0.05, 0.1) is 24.1 Å². The summed E-state index contributed by atoms with van der Waals surface area (Å²) < 4.78 is 37.8. The lowest BCUT2D eigenvalue weighted by atomic mass is 10.1. The number of nitrogens with one attached hydrogen (secondary N) is 1. The van der Waals surface area contributed by atoms with Gasteiger partial charge in [-0.2, -0.15) is 13.2 Å². The molecule has 0 aliphatic heterocycles. The minimum atomic E-state index is -4.44. The number of anilines is 1. The molecule has 0 bridgehead atoms. The summed E-state index contributed by atoms with van der Waals surface area (Å²) in [7, 11) is 0. The molecule has 0 fully saturated rings. The number of aromatic nitrogens is 2. The van der Waals surface area contributed by atoms with E-state index in [2.05, 4.69) is 15.3 Å². The van der Waals surface area contributed by atoms with Crippen molar-refractivity contribution in [3.05, 3.63) is 52.9 Å².